The van der Waals surface area contributed by atoms with Crippen LogP contribution in [0.25, 0.3) is 0 Å². The summed E-state index contributed by atoms with van der Waals surface area (Å²) in [5.41, 5.74) is 0. The number of hydrogen-bond acceptors (Lipinski definition) is 3. The molecular formula is C12H22N2O3. The maximum absolute atomic E-state index is 11.6. The summed E-state index contributed by atoms with van der Waals surface area (Å²) in [5.74, 6) is -0.651. The standard InChI is InChI=1S/C12H22N2O3/c1-4-5-6-7-10(16)14-11(9(2)3)12(17)13-8-15/h8-9,11H,4-7H2,1-3H3,(H,14,16)(H,13,15,17). The van der Waals surface area contributed by atoms with Crippen LogP contribution in [-0.2, 0) is 14.4 Å². The van der Waals surface area contributed by atoms with Gasteiger partial charge < -0.3 is 5.32 Å². The van der Waals surface area contributed by atoms with Gasteiger partial charge in [0.25, 0.3) is 0 Å². The van der Waals surface area contributed by atoms with Crippen molar-refractivity contribution in [2.45, 2.75) is 52.5 Å². The zero-order chi connectivity index (χ0) is 13.3. The second-order valence-electron chi connectivity index (χ2n) is 4.37. The first-order chi connectivity index (χ1) is 8.02. The van der Waals surface area contributed by atoms with Crippen LogP contribution in [0.4, 0.5) is 0 Å². The third-order valence-electron chi connectivity index (χ3n) is 2.47. The molecule has 0 aliphatic rings. The molecule has 0 heterocycles. The molecule has 1 unspecified atom stereocenters. The lowest BCUT2D eigenvalue weighted by molar-refractivity contribution is -0.132. The van der Waals surface area contributed by atoms with E-state index in [-0.39, 0.29) is 11.8 Å². The molecule has 0 aromatic carbocycles. The summed E-state index contributed by atoms with van der Waals surface area (Å²) in [6.45, 7) is 5.70. The summed E-state index contributed by atoms with van der Waals surface area (Å²) in [7, 11) is 0. The summed E-state index contributed by atoms with van der Waals surface area (Å²) in [5, 5.41) is 4.72. The lowest BCUT2D eigenvalue weighted by Gasteiger charge is -2.20. The minimum absolute atomic E-state index is 0.0509. The van der Waals surface area contributed by atoms with E-state index >= 15 is 0 Å². The second-order valence-corrected chi connectivity index (χ2v) is 4.37. The van der Waals surface area contributed by atoms with E-state index in [2.05, 4.69) is 17.6 Å². The van der Waals surface area contributed by atoms with Crippen LogP contribution in [0.15, 0.2) is 0 Å². The van der Waals surface area contributed by atoms with Crippen molar-refractivity contribution in [3.63, 3.8) is 0 Å². The Kier molecular flexibility index (Phi) is 8.01. The molecule has 0 spiro atoms. The lowest BCUT2D eigenvalue weighted by Crippen LogP contribution is -2.49. The molecule has 1 atom stereocenters. The van der Waals surface area contributed by atoms with E-state index in [0.717, 1.165) is 19.3 Å². The fraction of sp³-hybridized carbons (Fsp3) is 0.750. The van der Waals surface area contributed by atoms with Gasteiger partial charge in [-0.25, -0.2) is 0 Å². The third-order valence-corrected chi connectivity index (χ3v) is 2.47. The summed E-state index contributed by atoms with van der Waals surface area (Å²) < 4.78 is 0. The molecule has 2 N–H and O–H groups in total. The summed E-state index contributed by atoms with van der Waals surface area (Å²) in [6, 6.07) is -0.644. The Morgan fingerprint density at radius 2 is 1.88 bits per heavy atom. The number of nitrogens with one attached hydrogen (secondary N) is 2. The highest BCUT2D eigenvalue weighted by Crippen LogP contribution is 2.04. The molecule has 0 bridgehead atoms. The van der Waals surface area contributed by atoms with Gasteiger partial charge >= 0.3 is 0 Å². The van der Waals surface area contributed by atoms with Crippen molar-refractivity contribution in [3.05, 3.63) is 0 Å². The van der Waals surface area contributed by atoms with Gasteiger partial charge in [-0.1, -0.05) is 33.6 Å². The van der Waals surface area contributed by atoms with Crippen LogP contribution in [0.2, 0.25) is 0 Å². The zero-order valence-electron chi connectivity index (χ0n) is 10.8. The van der Waals surface area contributed by atoms with Crippen LogP contribution < -0.4 is 10.6 Å². The van der Waals surface area contributed by atoms with E-state index in [0.29, 0.717) is 12.8 Å². The molecule has 5 nitrogen and oxygen atoms in total. The highest BCUT2D eigenvalue weighted by molar-refractivity contribution is 5.93. The summed E-state index contributed by atoms with van der Waals surface area (Å²) in [4.78, 5) is 33.2. The molecule has 0 radical (unpaired) electrons. The molecular weight excluding hydrogens is 220 g/mol. The second kappa shape index (κ2) is 8.73. The molecule has 0 fully saturated rings. The molecule has 0 aromatic heterocycles. The van der Waals surface area contributed by atoms with Crippen molar-refractivity contribution in [2.24, 2.45) is 5.92 Å². The molecule has 0 rings (SSSR count). The predicted octanol–water partition coefficient (Wildman–Crippen LogP) is 0.980. The Balaban J connectivity index is 4.20. The molecule has 0 saturated carbocycles. The minimum Gasteiger partial charge on any atom is -0.344 e. The van der Waals surface area contributed by atoms with Crippen LogP contribution in [0.1, 0.15) is 46.5 Å². The number of carbonyl (C=O) groups excluding carboxylic acids is 3. The number of hydrogen-bond donors (Lipinski definition) is 2. The summed E-state index contributed by atoms with van der Waals surface area (Å²) >= 11 is 0. The quantitative estimate of drug-likeness (QED) is 0.492. The zero-order valence-corrected chi connectivity index (χ0v) is 10.8. The van der Waals surface area contributed by atoms with Gasteiger partial charge in [0, 0.05) is 6.42 Å². The van der Waals surface area contributed by atoms with E-state index in [1.807, 2.05) is 13.8 Å². The van der Waals surface area contributed by atoms with Crippen LogP contribution >= 0.6 is 0 Å². The van der Waals surface area contributed by atoms with Crippen LogP contribution in [0, 0.1) is 5.92 Å². The van der Waals surface area contributed by atoms with Gasteiger partial charge in [-0.15, -0.1) is 0 Å². The normalized spacial score (nSPS) is 12.0. The van der Waals surface area contributed by atoms with Crippen molar-refractivity contribution in [3.8, 4) is 0 Å². The van der Waals surface area contributed by atoms with Crippen LogP contribution in [0.3, 0.4) is 0 Å². The smallest absolute Gasteiger partial charge is 0.249 e. The molecule has 3 amide bonds. The monoisotopic (exact) mass is 242 g/mol. The van der Waals surface area contributed by atoms with E-state index in [4.69, 9.17) is 0 Å². The van der Waals surface area contributed by atoms with Crippen LogP contribution in [0.5, 0.6) is 0 Å². The first-order valence-corrected chi connectivity index (χ1v) is 6.06. The van der Waals surface area contributed by atoms with Gasteiger partial charge in [-0.05, 0) is 12.3 Å². The van der Waals surface area contributed by atoms with Crippen molar-refractivity contribution in [1.29, 1.82) is 0 Å². The Hall–Kier alpha value is -1.39. The Labute approximate surface area is 102 Å². The minimum atomic E-state index is -0.644. The molecule has 0 aliphatic carbocycles. The number of unbranched alkanes of at least 4 members (excludes halogenated alkanes) is 2. The van der Waals surface area contributed by atoms with Crippen molar-refractivity contribution >= 4 is 18.2 Å². The van der Waals surface area contributed by atoms with Gasteiger partial charge in [-0.3, -0.25) is 19.7 Å². The topological polar surface area (TPSA) is 75.3 Å². The van der Waals surface area contributed by atoms with Crippen molar-refractivity contribution in [2.75, 3.05) is 0 Å². The molecule has 0 aromatic rings. The predicted molar refractivity (Wildman–Crippen MR) is 65.1 cm³/mol. The van der Waals surface area contributed by atoms with Crippen molar-refractivity contribution < 1.29 is 14.4 Å². The number of rotatable bonds is 8. The van der Waals surface area contributed by atoms with Gasteiger partial charge in [0.1, 0.15) is 6.04 Å². The third kappa shape index (κ3) is 6.71. The molecule has 0 aliphatic heterocycles. The fourth-order valence-electron chi connectivity index (χ4n) is 1.46. The Morgan fingerprint density at radius 1 is 1.24 bits per heavy atom. The van der Waals surface area contributed by atoms with Gasteiger partial charge in [-0.2, -0.15) is 0 Å². The SMILES string of the molecule is CCCCCC(=O)NC(C(=O)NC=O)C(C)C. The molecule has 17 heavy (non-hydrogen) atoms. The van der Waals surface area contributed by atoms with Crippen LogP contribution in [-0.4, -0.2) is 24.3 Å². The highest BCUT2D eigenvalue weighted by Gasteiger charge is 2.23. The largest absolute Gasteiger partial charge is 0.344 e. The maximum Gasteiger partial charge on any atom is 0.249 e. The molecule has 98 valence electrons. The molecule has 0 saturated heterocycles. The fourth-order valence-corrected chi connectivity index (χ4v) is 1.46. The van der Waals surface area contributed by atoms with Gasteiger partial charge in [0.2, 0.25) is 18.2 Å². The number of imide groups is 1. The van der Waals surface area contributed by atoms with E-state index in [9.17, 15) is 14.4 Å². The van der Waals surface area contributed by atoms with E-state index < -0.39 is 11.9 Å². The lowest BCUT2D eigenvalue weighted by atomic mass is 10.0. The average molecular weight is 242 g/mol. The molecule has 5 heteroatoms. The summed E-state index contributed by atoms with van der Waals surface area (Å²) in [6.07, 6.45) is 3.63. The Morgan fingerprint density at radius 3 is 2.35 bits per heavy atom. The maximum atomic E-state index is 11.6. The number of amides is 3. The average Bonchev–Trinajstić information content (AvgIpc) is 2.26. The van der Waals surface area contributed by atoms with E-state index in [1.165, 1.54) is 0 Å². The van der Waals surface area contributed by atoms with Gasteiger partial charge in [0.15, 0.2) is 0 Å². The van der Waals surface area contributed by atoms with Crippen molar-refractivity contribution in [1.82, 2.24) is 10.6 Å². The van der Waals surface area contributed by atoms with E-state index in [1.54, 1.807) is 0 Å². The first-order valence-electron chi connectivity index (χ1n) is 6.06. The first kappa shape index (κ1) is 15.6. The number of carbonyl (C=O) groups is 3. The Bertz CT molecular complexity index is 264. The highest BCUT2D eigenvalue weighted by atomic mass is 16.2. The van der Waals surface area contributed by atoms with Gasteiger partial charge in [0.05, 0.1) is 0 Å².